The highest BCUT2D eigenvalue weighted by atomic mass is 16.4. The van der Waals surface area contributed by atoms with Crippen LogP contribution >= 0.6 is 0 Å². The van der Waals surface area contributed by atoms with Crippen LogP contribution in [0.15, 0.2) is 22.8 Å². The molecule has 6 heteroatoms. The van der Waals surface area contributed by atoms with Crippen LogP contribution in [0.25, 0.3) is 0 Å². The molecule has 1 aromatic heterocycles. The molecular weight excluding hydrogens is 248 g/mol. The van der Waals surface area contributed by atoms with Gasteiger partial charge in [0.2, 0.25) is 5.91 Å². The van der Waals surface area contributed by atoms with E-state index in [4.69, 9.17) is 9.52 Å². The van der Waals surface area contributed by atoms with E-state index in [0.717, 1.165) is 12.2 Å². The van der Waals surface area contributed by atoms with Gasteiger partial charge in [-0.3, -0.25) is 14.5 Å². The Morgan fingerprint density at radius 3 is 3.05 bits per heavy atom. The highest BCUT2D eigenvalue weighted by Gasteiger charge is 2.32. The summed E-state index contributed by atoms with van der Waals surface area (Å²) in [5.41, 5.74) is 0. The summed E-state index contributed by atoms with van der Waals surface area (Å²) in [5, 5.41) is 11.8. The van der Waals surface area contributed by atoms with Crippen LogP contribution in [-0.2, 0) is 16.1 Å². The molecule has 19 heavy (non-hydrogen) atoms. The van der Waals surface area contributed by atoms with E-state index >= 15 is 0 Å². The number of carboxylic acids is 1. The lowest BCUT2D eigenvalue weighted by molar-refractivity contribution is -0.142. The van der Waals surface area contributed by atoms with E-state index < -0.39 is 12.0 Å². The van der Waals surface area contributed by atoms with Crippen molar-refractivity contribution in [3.63, 3.8) is 0 Å². The fourth-order valence-electron chi connectivity index (χ4n) is 2.27. The van der Waals surface area contributed by atoms with Crippen LogP contribution in [-0.4, -0.2) is 40.5 Å². The number of carbonyl (C=O) groups excluding carboxylic acids is 1. The summed E-state index contributed by atoms with van der Waals surface area (Å²) >= 11 is 0. The molecule has 2 heterocycles. The quantitative estimate of drug-likeness (QED) is 0.843. The Bertz CT molecular complexity index is 444. The van der Waals surface area contributed by atoms with E-state index in [1.165, 1.54) is 0 Å². The van der Waals surface area contributed by atoms with Gasteiger partial charge < -0.3 is 14.8 Å². The van der Waals surface area contributed by atoms with Crippen LogP contribution in [0.1, 0.15) is 25.5 Å². The minimum absolute atomic E-state index is 0.0606. The topological polar surface area (TPSA) is 82.8 Å². The monoisotopic (exact) mass is 266 g/mol. The van der Waals surface area contributed by atoms with E-state index in [9.17, 15) is 9.59 Å². The number of carboxylic acid groups (broad SMARTS) is 1. The van der Waals surface area contributed by atoms with Gasteiger partial charge >= 0.3 is 5.97 Å². The fraction of sp³-hybridized carbons (Fsp3) is 0.538. The Morgan fingerprint density at radius 1 is 1.63 bits per heavy atom. The molecule has 0 radical (unpaired) electrons. The maximum atomic E-state index is 12.1. The standard InChI is InChI=1S/C13H18N2O4/c1-9-4-5-15(8-10-3-2-6-19-10)11(7-12(16)17)13(18)14-9/h2-3,6,9,11H,4-5,7-8H2,1H3,(H,14,18)(H,16,17). The first-order valence-electron chi connectivity index (χ1n) is 6.35. The summed E-state index contributed by atoms with van der Waals surface area (Å²) in [7, 11) is 0. The summed E-state index contributed by atoms with van der Waals surface area (Å²) in [6.07, 6.45) is 2.17. The highest BCUT2D eigenvalue weighted by molar-refractivity contribution is 5.86. The Labute approximate surface area is 111 Å². The van der Waals surface area contributed by atoms with Crippen LogP contribution < -0.4 is 5.32 Å². The molecule has 0 saturated carbocycles. The van der Waals surface area contributed by atoms with Crippen LogP contribution in [0.5, 0.6) is 0 Å². The van der Waals surface area contributed by atoms with Gasteiger partial charge in [-0.05, 0) is 25.5 Å². The van der Waals surface area contributed by atoms with Crippen molar-refractivity contribution < 1.29 is 19.1 Å². The molecule has 0 spiro atoms. The molecule has 104 valence electrons. The number of amides is 1. The van der Waals surface area contributed by atoms with Crippen molar-refractivity contribution >= 4 is 11.9 Å². The first-order chi connectivity index (χ1) is 9.06. The van der Waals surface area contributed by atoms with Crippen molar-refractivity contribution in [1.82, 2.24) is 10.2 Å². The van der Waals surface area contributed by atoms with Gasteiger partial charge in [-0.2, -0.15) is 0 Å². The zero-order chi connectivity index (χ0) is 13.8. The van der Waals surface area contributed by atoms with Crippen molar-refractivity contribution in [3.8, 4) is 0 Å². The Hall–Kier alpha value is -1.82. The van der Waals surface area contributed by atoms with Gasteiger partial charge in [0.25, 0.3) is 0 Å². The minimum atomic E-state index is -0.973. The predicted molar refractivity (Wildman–Crippen MR) is 67.4 cm³/mol. The lowest BCUT2D eigenvalue weighted by Crippen LogP contribution is -2.46. The summed E-state index contributed by atoms with van der Waals surface area (Å²) in [5.74, 6) is -0.462. The van der Waals surface area contributed by atoms with Gasteiger partial charge in [0.05, 0.1) is 19.2 Å². The molecule has 1 aromatic rings. The number of nitrogens with zero attached hydrogens (tertiary/aromatic N) is 1. The van der Waals surface area contributed by atoms with Gasteiger partial charge in [-0.1, -0.05) is 0 Å². The zero-order valence-corrected chi connectivity index (χ0v) is 10.8. The van der Waals surface area contributed by atoms with E-state index in [1.807, 2.05) is 17.9 Å². The minimum Gasteiger partial charge on any atom is -0.481 e. The lowest BCUT2D eigenvalue weighted by Gasteiger charge is -2.26. The van der Waals surface area contributed by atoms with Gasteiger partial charge in [0.15, 0.2) is 0 Å². The molecule has 1 amide bonds. The van der Waals surface area contributed by atoms with Crippen molar-refractivity contribution in [2.45, 2.75) is 38.4 Å². The molecule has 6 nitrogen and oxygen atoms in total. The average Bonchev–Trinajstić information content (AvgIpc) is 2.79. The second-order valence-corrected chi connectivity index (χ2v) is 4.86. The van der Waals surface area contributed by atoms with Gasteiger partial charge in [-0.15, -0.1) is 0 Å². The van der Waals surface area contributed by atoms with E-state index in [1.54, 1.807) is 12.3 Å². The summed E-state index contributed by atoms with van der Waals surface area (Å²) < 4.78 is 5.27. The summed E-state index contributed by atoms with van der Waals surface area (Å²) in [6, 6.07) is 3.02. The number of aliphatic carboxylic acids is 1. The van der Waals surface area contributed by atoms with Crippen LogP contribution in [0.3, 0.4) is 0 Å². The number of furan rings is 1. The summed E-state index contributed by atoms with van der Waals surface area (Å²) in [6.45, 7) is 3.04. The lowest BCUT2D eigenvalue weighted by atomic mass is 10.1. The molecule has 2 atom stereocenters. The molecule has 1 saturated heterocycles. The first kappa shape index (κ1) is 13.6. The number of nitrogens with one attached hydrogen (secondary N) is 1. The zero-order valence-electron chi connectivity index (χ0n) is 10.8. The predicted octanol–water partition coefficient (Wildman–Crippen LogP) is 0.833. The maximum Gasteiger partial charge on any atom is 0.305 e. The highest BCUT2D eigenvalue weighted by Crippen LogP contribution is 2.16. The number of rotatable bonds is 4. The van der Waals surface area contributed by atoms with Crippen LogP contribution in [0, 0.1) is 0 Å². The average molecular weight is 266 g/mol. The molecule has 1 aliphatic rings. The fourth-order valence-corrected chi connectivity index (χ4v) is 2.27. The molecule has 2 rings (SSSR count). The Kier molecular flexibility index (Phi) is 4.21. The van der Waals surface area contributed by atoms with E-state index in [0.29, 0.717) is 13.1 Å². The van der Waals surface area contributed by atoms with Gasteiger partial charge in [-0.25, -0.2) is 0 Å². The van der Waals surface area contributed by atoms with E-state index in [-0.39, 0.29) is 18.4 Å². The molecule has 1 aliphatic heterocycles. The molecule has 1 fully saturated rings. The smallest absolute Gasteiger partial charge is 0.305 e. The normalized spacial score (nSPS) is 24.8. The molecular formula is C13H18N2O4. The van der Waals surface area contributed by atoms with Crippen molar-refractivity contribution in [1.29, 1.82) is 0 Å². The van der Waals surface area contributed by atoms with Gasteiger partial charge in [0.1, 0.15) is 11.8 Å². The molecule has 0 aromatic carbocycles. The third-order valence-corrected chi connectivity index (χ3v) is 3.29. The van der Waals surface area contributed by atoms with Crippen molar-refractivity contribution in [3.05, 3.63) is 24.2 Å². The number of hydrogen-bond donors (Lipinski definition) is 2. The maximum absolute atomic E-state index is 12.1. The third kappa shape index (κ3) is 3.57. The van der Waals surface area contributed by atoms with E-state index in [2.05, 4.69) is 5.32 Å². The second-order valence-electron chi connectivity index (χ2n) is 4.86. The van der Waals surface area contributed by atoms with Gasteiger partial charge in [0, 0.05) is 12.6 Å². The molecule has 0 bridgehead atoms. The SMILES string of the molecule is CC1CCN(Cc2ccco2)C(CC(=O)O)C(=O)N1. The number of carbonyl (C=O) groups is 2. The van der Waals surface area contributed by atoms with Crippen LogP contribution in [0.4, 0.5) is 0 Å². The van der Waals surface area contributed by atoms with Crippen molar-refractivity contribution in [2.75, 3.05) is 6.54 Å². The Balaban J connectivity index is 2.14. The third-order valence-electron chi connectivity index (χ3n) is 3.29. The molecule has 2 N–H and O–H groups in total. The van der Waals surface area contributed by atoms with Crippen LogP contribution in [0.2, 0.25) is 0 Å². The molecule has 0 aliphatic carbocycles. The first-order valence-corrected chi connectivity index (χ1v) is 6.35. The second kappa shape index (κ2) is 5.88. The Morgan fingerprint density at radius 2 is 2.42 bits per heavy atom. The largest absolute Gasteiger partial charge is 0.481 e. The molecule has 2 unspecified atom stereocenters. The summed E-state index contributed by atoms with van der Waals surface area (Å²) in [4.78, 5) is 24.8. The number of hydrogen-bond acceptors (Lipinski definition) is 4. The van der Waals surface area contributed by atoms with Crippen molar-refractivity contribution in [2.24, 2.45) is 0 Å².